The molecule has 0 aromatic heterocycles. The second kappa shape index (κ2) is 9.70. The van der Waals surface area contributed by atoms with E-state index in [4.69, 9.17) is 21.7 Å². The quantitative estimate of drug-likeness (QED) is 0.459. The zero-order valence-electron chi connectivity index (χ0n) is 14.0. The van der Waals surface area contributed by atoms with Crippen LogP contribution < -0.4 is 20.1 Å². The van der Waals surface area contributed by atoms with Crippen LogP contribution in [0.5, 0.6) is 11.5 Å². The molecule has 0 atom stereocenters. The van der Waals surface area contributed by atoms with E-state index in [2.05, 4.69) is 42.5 Å². The van der Waals surface area contributed by atoms with Gasteiger partial charge in [-0.25, -0.2) is 0 Å². The maximum absolute atomic E-state index is 12.1. The van der Waals surface area contributed by atoms with Crippen LogP contribution in [0.25, 0.3) is 6.08 Å². The minimum Gasteiger partial charge on any atom is -0.496 e. The molecule has 0 unspecified atom stereocenters. The molecule has 2 N–H and O–H groups in total. The fourth-order valence-electron chi connectivity index (χ4n) is 2.06. The van der Waals surface area contributed by atoms with Crippen LogP contribution >= 0.6 is 44.1 Å². The topological polar surface area (TPSA) is 59.6 Å². The molecule has 2 aromatic carbocycles. The number of methoxy groups -OCH3 is 2. The van der Waals surface area contributed by atoms with E-state index in [-0.39, 0.29) is 11.0 Å². The van der Waals surface area contributed by atoms with Crippen LogP contribution in [-0.4, -0.2) is 25.2 Å². The molecule has 26 heavy (non-hydrogen) atoms. The predicted octanol–water partition coefficient (Wildman–Crippen LogP) is 4.76. The summed E-state index contributed by atoms with van der Waals surface area (Å²) in [5, 5.41) is 5.73. The maximum Gasteiger partial charge on any atom is 0.250 e. The summed E-state index contributed by atoms with van der Waals surface area (Å²) in [4.78, 5) is 12.1. The number of amides is 1. The molecule has 2 rings (SSSR count). The number of carbonyl (C=O) groups is 1. The number of ether oxygens (including phenoxy) is 2. The molecule has 136 valence electrons. The number of thiocarbonyl (C=S) groups is 1. The van der Waals surface area contributed by atoms with Crippen molar-refractivity contribution < 1.29 is 14.3 Å². The van der Waals surface area contributed by atoms with E-state index in [1.165, 1.54) is 6.08 Å². The van der Waals surface area contributed by atoms with Crippen LogP contribution in [-0.2, 0) is 4.79 Å². The van der Waals surface area contributed by atoms with Crippen LogP contribution in [0, 0.1) is 0 Å². The Morgan fingerprint density at radius 3 is 2.42 bits per heavy atom. The van der Waals surface area contributed by atoms with Crippen molar-refractivity contribution in [1.82, 2.24) is 5.32 Å². The molecule has 0 aliphatic heterocycles. The Morgan fingerprint density at radius 1 is 1.08 bits per heavy atom. The van der Waals surface area contributed by atoms with Gasteiger partial charge in [-0.05, 0) is 70.6 Å². The summed E-state index contributed by atoms with van der Waals surface area (Å²) in [7, 11) is 3.16. The van der Waals surface area contributed by atoms with Crippen molar-refractivity contribution in [2.75, 3.05) is 19.5 Å². The number of rotatable bonds is 5. The van der Waals surface area contributed by atoms with E-state index in [0.29, 0.717) is 11.5 Å². The maximum atomic E-state index is 12.1. The Bertz CT molecular complexity index is 856. The number of hydrogen-bond acceptors (Lipinski definition) is 4. The zero-order valence-corrected chi connectivity index (χ0v) is 18.0. The number of hydrogen-bond donors (Lipinski definition) is 2. The van der Waals surface area contributed by atoms with Crippen molar-refractivity contribution in [2.45, 2.75) is 0 Å². The smallest absolute Gasteiger partial charge is 0.250 e. The van der Waals surface area contributed by atoms with Crippen LogP contribution in [0.2, 0.25) is 0 Å². The molecule has 1 amide bonds. The van der Waals surface area contributed by atoms with Gasteiger partial charge in [-0.15, -0.1) is 0 Å². The lowest BCUT2D eigenvalue weighted by molar-refractivity contribution is -0.115. The lowest BCUT2D eigenvalue weighted by Gasteiger charge is -2.10. The number of carbonyl (C=O) groups excluding carboxylic acids is 1. The molecule has 0 spiro atoms. The molecule has 0 heterocycles. The molecule has 5 nitrogen and oxygen atoms in total. The van der Waals surface area contributed by atoms with Crippen molar-refractivity contribution in [3.05, 3.63) is 57.0 Å². The normalized spacial score (nSPS) is 10.5. The summed E-state index contributed by atoms with van der Waals surface area (Å²) < 4.78 is 12.1. The van der Waals surface area contributed by atoms with Crippen molar-refractivity contribution >= 4 is 66.9 Å². The summed E-state index contributed by atoms with van der Waals surface area (Å²) in [6.07, 6.45) is 3.05. The summed E-state index contributed by atoms with van der Waals surface area (Å²) in [5.41, 5.74) is 1.50. The van der Waals surface area contributed by atoms with Gasteiger partial charge in [0, 0.05) is 21.8 Å². The van der Waals surface area contributed by atoms with Crippen LogP contribution in [0.15, 0.2) is 51.4 Å². The minimum atomic E-state index is -0.350. The Balaban J connectivity index is 1.98. The van der Waals surface area contributed by atoms with Crippen molar-refractivity contribution in [2.24, 2.45) is 0 Å². The Kier molecular flexibility index (Phi) is 7.62. The lowest BCUT2D eigenvalue weighted by Crippen LogP contribution is -2.32. The fourth-order valence-corrected chi connectivity index (χ4v) is 3.20. The Morgan fingerprint density at radius 2 is 1.77 bits per heavy atom. The monoisotopic (exact) mass is 498 g/mol. The van der Waals surface area contributed by atoms with Gasteiger partial charge in [0.05, 0.1) is 18.7 Å². The second-order valence-corrected chi connectivity index (χ2v) is 7.19. The summed E-state index contributed by atoms with van der Waals surface area (Å²) in [6.45, 7) is 0. The molecule has 0 bridgehead atoms. The molecule has 2 aromatic rings. The second-order valence-electron chi connectivity index (χ2n) is 5.01. The highest BCUT2D eigenvalue weighted by Crippen LogP contribution is 2.27. The highest BCUT2D eigenvalue weighted by Gasteiger charge is 2.06. The summed E-state index contributed by atoms with van der Waals surface area (Å²) >= 11 is 11.9. The summed E-state index contributed by atoms with van der Waals surface area (Å²) in [5.74, 6) is 1.02. The average Bonchev–Trinajstić information content (AvgIpc) is 2.60. The van der Waals surface area contributed by atoms with Crippen molar-refractivity contribution in [1.29, 1.82) is 0 Å². The van der Waals surface area contributed by atoms with Gasteiger partial charge in [0.1, 0.15) is 11.5 Å². The average molecular weight is 500 g/mol. The molecule has 0 aliphatic rings. The zero-order chi connectivity index (χ0) is 19.1. The minimum absolute atomic E-state index is 0.193. The molecule has 0 aliphatic carbocycles. The SMILES string of the molecule is COc1ccc(NC(=S)NC(=O)/C=C/c2cc(Br)ccc2OC)cc1Br. The van der Waals surface area contributed by atoms with Gasteiger partial charge in [0.2, 0.25) is 5.91 Å². The van der Waals surface area contributed by atoms with Gasteiger partial charge in [-0.1, -0.05) is 15.9 Å². The largest absolute Gasteiger partial charge is 0.496 e. The first-order chi connectivity index (χ1) is 12.4. The third-order valence-electron chi connectivity index (χ3n) is 3.25. The number of halogens is 2. The van der Waals surface area contributed by atoms with Crippen LogP contribution in [0.3, 0.4) is 0 Å². The van der Waals surface area contributed by atoms with Gasteiger partial charge >= 0.3 is 0 Å². The Hall–Kier alpha value is -1.90. The van der Waals surface area contributed by atoms with E-state index >= 15 is 0 Å². The number of benzene rings is 2. The predicted molar refractivity (Wildman–Crippen MR) is 115 cm³/mol. The Labute approximate surface area is 174 Å². The molecule has 0 saturated carbocycles. The van der Waals surface area contributed by atoms with Crippen molar-refractivity contribution in [3.8, 4) is 11.5 Å². The standard InChI is InChI=1S/C18H16Br2N2O3S/c1-24-15-6-4-12(19)9-11(15)3-8-17(23)22-18(26)21-13-5-7-16(25-2)14(20)10-13/h3-10H,1-2H3,(H2,21,22,23,26)/b8-3+. The molecule has 0 fully saturated rings. The van der Waals surface area contributed by atoms with Gasteiger partial charge in [-0.2, -0.15) is 0 Å². The number of nitrogens with one attached hydrogen (secondary N) is 2. The van der Waals surface area contributed by atoms with Gasteiger partial charge in [-0.3, -0.25) is 10.1 Å². The van der Waals surface area contributed by atoms with Crippen LogP contribution in [0.4, 0.5) is 5.69 Å². The van der Waals surface area contributed by atoms with Gasteiger partial charge in [0.25, 0.3) is 0 Å². The van der Waals surface area contributed by atoms with E-state index in [0.717, 1.165) is 20.2 Å². The highest BCUT2D eigenvalue weighted by molar-refractivity contribution is 9.10. The van der Waals surface area contributed by atoms with Gasteiger partial charge < -0.3 is 14.8 Å². The van der Waals surface area contributed by atoms with Gasteiger partial charge in [0.15, 0.2) is 5.11 Å². The van der Waals surface area contributed by atoms with Crippen molar-refractivity contribution in [3.63, 3.8) is 0 Å². The first kappa shape index (κ1) is 20.4. The van der Waals surface area contributed by atoms with Crippen LogP contribution in [0.1, 0.15) is 5.56 Å². The summed E-state index contributed by atoms with van der Waals surface area (Å²) in [6, 6.07) is 10.9. The van der Waals surface area contributed by atoms with E-state index < -0.39 is 0 Å². The van der Waals surface area contributed by atoms with E-state index in [9.17, 15) is 4.79 Å². The highest BCUT2D eigenvalue weighted by atomic mass is 79.9. The lowest BCUT2D eigenvalue weighted by atomic mass is 10.2. The third-order valence-corrected chi connectivity index (χ3v) is 4.57. The first-order valence-electron chi connectivity index (χ1n) is 7.40. The van der Waals surface area contributed by atoms with E-state index in [1.54, 1.807) is 38.5 Å². The molecule has 8 heteroatoms. The fraction of sp³-hybridized carbons (Fsp3) is 0.111. The molecular formula is C18H16Br2N2O3S. The van der Waals surface area contributed by atoms with E-state index in [1.807, 2.05) is 18.2 Å². The molecular weight excluding hydrogens is 484 g/mol. The first-order valence-corrected chi connectivity index (χ1v) is 9.39. The molecule has 0 saturated heterocycles. The molecule has 0 radical (unpaired) electrons. The number of anilines is 1. The third kappa shape index (κ3) is 5.82.